The molecule has 2 aromatic carbocycles. The van der Waals surface area contributed by atoms with Gasteiger partial charge in [-0.05, 0) is 36.8 Å². The molecule has 0 aliphatic carbocycles. The summed E-state index contributed by atoms with van der Waals surface area (Å²) in [4.78, 5) is 14.5. The van der Waals surface area contributed by atoms with Crippen molar-refractivity contribution in [1.29, 1.82) is 0 Å². The van der Waals surface area contributed by atoms with Gasteiger partial charge in [-0.15, -0.1) is 11.8 Å². The maximum atomic E-state index is 12.6. The molecular formula is C19H24N2O3S2. The summed E-state index contributed by atoms with van der Waals surface area (Å²) in [6, 6.07) is 16.3. The quantitative estimate of drug-likeness (QED) is 0.726. The standard InChI is InChI=1S/C19H24N2O3S2/c1-15(19(22)21(4)17-10-6-5-7-11-17)25-14-16-9-8-12-18(13-16)26(23,24)20(2)3/h5-13,15H,14H2,1-4H3/t15-/m1/s1. The van der Waals surface area contributed by atoms with Crippen LogP contribution in [-0.2, 0) is 20.6 Å². The molecule has 0 aromatic heterocycles. The van der Waals surface area contributed by atoms with Crippen molar-refractivity contribution in [1.82, 2.24) is 4.31 Å². The van der Waals surface area contributed by atoms with Gasteiger partial charge in [0.1, 0.15) is 0 Å². The highest BCUT2D eigenvalue weighted by atomic mass is 32.2. The zero-order chi connectivity index (χ0) is 19.3. The fourth-order valence-corrected chi connectivity index (χ4v) is 4.25. The molecule has 140 valence electrons. The van der Waals surface area contributed by atoms with Crippen molar-refractivity contribution in [2.45, 2.75) is 22.8 Å². The van der Waals surface area contributed by atoms with Crippen molar-refractivity contribution in [2.75, 3.05) is 26.0 Å². The summed E-state index contributed by atoms with van der Waals surface area (Å²) in [5, 5.41) is -0.241. The average Bonchev–Trinajstić information content (AvgIpc) is 2.65. The molecule has 0 N–H and O–H groups in total. The lowest BCUT2D eigenvalue weighted by molar-refractivity contribution is -0.117. The van der Waals surface area contributed by atoms with Gasteiger partial charge in [-0.25, -0.2) is 12.7 Å². The second-order valence-electron chi connectivity index (χ2n) is 6.12. The Bertz CT molecular complexity index is 852. The Morgan fingerprint density at radius 3 is 2.31 bits per heavy atom. The Kier molecular flexibility index (Phi) is 6.86. The molecule has 0 fully saturated rings. The van der Waals surface area contributed by atoms with E-state index in [1.54, 1.807) is 30.1 Å². The molecule has 0 aliphatic rings. The van der Waals surface area contributed by atoms with Gasteiger partial charge in [-0.2, -0.15) is 0 Å². The lowest BCUT2D eigenvalue weighted by atomic mass is 10.2. The van der Waals surface area contributed by atoms with Gasteiger partial charge in [-0.3, -0.25) is 4.79 Å². The van der Waals surface area contributed by atoms with E-state index in [1.165, 1.54) is 30.2 Å². The summed E-state index contributed by atoms with van der Waals surface area (Å²) >= 11 is 1.49. The van der Waals surface area contributed by atoms with Crippen LogP contribution in [0.3, 0.4) is 0 Å². The van der Waals surface area contributed by atoms with Crippen LogP contribution in [0.15, 0.2) is 59.5 Å². The molecule has 0 aliphatic heterocycles. The molecule has 0 saturated heterocycles. The number of nitrogens with zero attached hydrogens (tertiary/aromatic N) is 2. The maximum absolute atomic E-state index is 12.6. The van der Waals surface area contributed by atoms with E-state index in [4.69, 9.17) is 0 Å². The van der Waals surface area contributed by atoms with E-state index >= 15 is 0 Å². The van der Waals surface area contributed by atoms with E-state index < -0.39 is 10.0 Å². The number of carbonyl (C=O) groups is 1. The number of benzene rings is 2. The molecule has 2 aromatic rings. The Balaban J connectivity index is 2.03. The summed E-state index contributed by atoms with van der Waals surface area (Å²) in [5.74, 6) is 0.574. The van der Waals surface area contributed by atoms with Crippen LogP contribution < -0.4 is 4.90 Å². The SMILES string of the molecule is C[C@@H](SCc1cccc(S(=O)(=O)N(C)C)c1)C(=O)N(C)c1ccccc1. The van der Waals surface area contributed by atoms with Crippen molar-refractivity contribution < 1.29 is 13.2 Å². The Labute approximate surface area is 160 Å². The van der Waals surface area contributed by atoms with Crippen LogP contribution in [0.25, 0.3) is 0 Å². The highest BCUT2D eigenvalue weighted by molar-refractivity contribution is 7.99. The normalized spacial score (nSPS) is 12.8. The first-order valence-corrected chi connectivity index (χ1v) is 10.7. The third-order valence-electron chi connectivity index (χ3n) is 4.00. The predicted molar refractivity (Wildman–Crippen MR) is 108 cm³/mol. The topological polar surface area (TPSA) is 57.7 Å². The fraction of sp³-hybridized carbons (Fsp3) is 0.316. The summed E-state index contributed by atoms with van der Waals surface area (Å²) in [5.41, 5.74) is 1.73. The molecule has 26 heavy (non-hydrogen) atoms. The summed E-state index contributed by atoms with van der Waals surface area (Å²) < 4.78 is 25.7. The number of amides is 1. The molecular weight excluding hydrogens is 368 g/mol. The largest absolute Gasteiger partial charge is 0.315 e. The minimum atomic E-state index is -3.45. The number of hydrogen-bond donors (Lipinski definition) is 0. The first-order valence-electron chi connectivity index (χ1n) is 8.19. The van der Waals surface area contributed by atoms with Crippen molar-refractivity contribution in [3.8, 4) is 0 Å². The lowest BCUT2D eigenvalue weighted by Gasteiger charge is -2.21. The highest BCUT2D eigenvalue weighted by Crippen LogP contribution is 2.23. The first-order chi connectivity index (χ1) is 12.2. The van der Waals surface area contributed by atoms with Crippen LogP contribution >= 0.6 is 11.8 Å². The summed E-state index contributed by atoms with van der Waals surface area (Å²) in [7, 11) is 1.33. The van der Waals surface area contributed by atoms with E-state index in [2.05, 4.69) is 0 Å². The predicted octanol–water partition coefficient (Wildman–Crippen LogP) is 3.22. The van der Waals surface area contributed by atoms with Gasteiger partial charge >= 0.3 is 0 Å². The second-order valence-corrected chi connectivity index (χ2v) is 9.60. The van der Waals surface area contributed by atoms with Crippen LogP contribution in [0.1, 0.15) is 12.5 Å². The summed E-state index contributed by atoms with van der Waals surface area (Å²) in [6.45, 7) is 1.87. The Hall–Kier alpha value is -1.83. The van der Waals surface area contributed by atoms with E-state index in [-0.39, 0.29) is 16.1 Å². The Morgan fingerprint density at radius 1 is 1.04 bits per heavy atom. The van der Waals surface area contributed by atoms with E-state index in [0.29, 0.717) is 5.75 Å². The summed E-state index contributed by atoms with van der Waals surface area (Å²) in [6.07, 6.45) is 0. The van der Waals surface area contributed by atoms with Crippen molar-refractivity contribution >= 4 is 33.4 Å². The molecule has 5 nitrogen and oxygen atoms in total. The molecule has 7 heteroatoms. The van der Waals surface area contributed by atoms with Crippen molar-refractivity contribution in [3.05, 3.63) is 60.2 Å². The molecule has 1 atom stereocenters. The van der Waals surface area contributed by atoms with Crippen LogP contribution in [0.2, 0.25) is 0 Å². The third-order valence-corrected chi connectivity index (χ3v) is 7.01. The molecule has 0 radical (unpaired) electrons. The average molecular weight is 393 g/mol. The molecule has 0 saturated carbocycles. The van der Waals surface area contributed by atoms with Gasteiger partial charge in [0.2, 0.25) is 15.9 Å². The first kappa shape index (κ1) is 20.5. The number of anilines is 1. The van der Waals surface area contributed by atoms with Gasteiger partial charge in [-0.1, -0.05) is 30.3 Å². The van der Waals surface area contributed by atoms with E-state index in [9.17, 15) is 13.2 Å². The maximum Gasteiger partial charge on any atom is 0.242 e. The number of sulfonamides is 1. The van der Waals surface area contributed by atoms with Gasteiger partial charge in [0.15, 0.2) is 0 Å². The Morgan fingerprint density at radius 2 is 1.69 bits per heavy atom. The minimum Gasteiger partial charge on any atom is -0.315 e. The molecule has 0 spiro atoms. The number of para-hydroxylation sites is 1. The van der Waals surface area contributed by atoms with Crippen LogP contribution in [-0.4, -0.2) is 45.0 Å². The van der Waals surface area contributed by atoms with Crippen LogP contribution in [0.4, 0.5) is 5.69 Å². The van der Waals surface area contributed by atoms with Gasteiger partial charge < -0.3 is 4.90 Å². The fourth-order valence-electron chi connectivity index (χ4n) is 2.35. The van der Waals surface area contributed by atoms with Crippen molar-refractivity contribution in [3.63, 3.8) is 0 Å². The van der Waals surface area contributed by atoms with Gasteiger partial charge in [0.05, 0.1) is 10.1 Å². The van der Waals surface area contributed by atoms with Crippen LogP contribution in [0, 0.1) is 0 Å². The third kappa shape index (κ3) is 4.87. The molecule has 1 amide bonds. The van der Waals surface area contributed by atoms with Gasteiger partial charge in [0, 0.05) is 32.6 Å². The number of thioether (sulfide) groups is 1. The number of hydrogen-bond acceptors (Lipinski definition) is 4. The molecule has 0 heterocycles. The molecule has 2 rings (SSSR count). The monoisotopic (exact) mass is 392 g/mol. The van der Waals surface area contributed by atoms with E-state index in [0.717, 1.165) is 11.3 Å². The molecule has 0 bridgehead atoms. The number of rotatable bonds is 7. The number of carbonyl (C=O) groups excluding carboxylic acids is 1. The smallest absolute Gasteiger partial charge is 0.242 e. The lowest BCUT2D eigenvalue weighted by Crippen LogP contribution is -2.33. The second kappa shape index (κ2) is 8.70. The molecule has 0 unspecified atom stereocenters. The van der Waals surface area contributed by atoms with Crippen LogP contribution in [0.5, 0.6) is 0 Å². The highest BCUT2D eigenvalue weighted by Gasteiger charge is 2.20. The van der Waals surface area contributed by atoms with Crippen molar-refractivity contribution in [2.24, 2.45) is 0 Å². The minimum absolute atomic E-state index is 0.0123. The zero-order valence-electron chi connectivity index (χ0n) is 15.4. The van der Waals surface area contributed by atoms with E-state index in [1.807, 2.05) is 43.3 Å². The zero-order valence-corrected chi connectivity index (χ0v) is 17.0. The van der Waals surface area contributed by atoms with Gasteiger partial charge in [0.25, 0.3) is 0 Å².